The molecule has 1 aromatic rings. The first-order valence-corrected chi connectivity index (χ1v) is 5.90. The number of aryl methyl sites for hydroxylation is 1. The van der Waals surface area contributed by atoms with Crippen molar-refractivity contribution in [2.24, 2.45) is 5.41 Å². The fraction of sp³-hybridized carbons (Fsp3) is 0.429. The van der Waals surface area contributed by atoms with Crippen molar-refractivity contribution >= 4 is 17.5 Å². The highest BCUT2D eigenvalue weighted by molar-refractivity contribution is 5.97. The maximum Gasteiger partial charge on any atom is 0.251 e. The van der Waals surface area contributed by atoms with Crippen molar-refractivity contribution in [2.75, 3.05) is 12.4 Å². The van der Waals surface area contributed by atoms with Crippen molar-refractivity contribution in [3.63, 3.8) is 0 Å². The Morgan fingerprint density at radius 1 is 1.17 bits per heavy atom. The van der Waals surface area contributed by atoms with E-state index in [1.54, 1.807) is 25.2 Å². The molecule has 18 heavy (non-hydrogen) atoms. The van der Waals surface area contributed by atoms with Crippen LogP contribution in [0.3, 0.4) is 0 Å². The first-order chi connectivity index (χ1) is 8.25. The number of nitrogens with one attached hydrogen (secondary N) is 2. The van der Waals surface area contributed by atoms with Crippen LogP contribution >= 0.6 is 0 Å². The van der Waals surface area contributed by atoms with Crippen molar-refractivity contribution in [3.05, 3.63) is 29.3 Å². The van der Waals surface area contributed by atoms with Crippen LogP contribution in [0.5, 0.6) is 0 Å². The van der Waals surface area contributed by atoms with Gasteiger partial charge in [0.25, 0.3) is 5.91 Å². The van der Waals surface area contributed by atoms with Crippen molar-refractivity contribution in [2.45, 2.75) is 27.7 Å². The SMILES string of the molecule is CNC(=O)c1ccc(NC(=O)C(C)(C)C)c(C)c1. The molecule has 0 radical (unpaired) electrons. The average Bonchev–Trinajstić information content (AvgIpc) is 2.29. The maximum atomic E-state index is 11.9. The molecule has 0 aromatic heterocycles. The highest BCUT2D eigenvalue weighted by atomic mass is 16.2. The molecule has 1 rings (SSSR count). The lowest BCUT2D eigenvalue weighted by Gasteiger charge is -2.19. The van der Waals surface area contributed by atoms with Gasteiger partial charge in [0, 0.05) is 23.7 Å². The zero-order valence-corrected chi connectivity index (χ0v) is 11.5. The number of carbonyl (C=O) groups excluding carboxylic acids is 2. The second-order valence-corrected chi connectivity index (χ2v) is 5.31. The van der Waals surface area contributed by atoms with Crippen LogP contribution < -0.4 is 10.6 Å². The standard InChI is InChI=1S/C14H20N2O2/c1-9-8-10(12(17)15-5)6-7-11(9)16-13(18)14(2,3)4/h6-8H,1-5H3,(H,15,17)(H,16,18). The summed E-state index contributed by atoms with van der Waals surface area (Å²) >= 11 is 0. The van der Waals surface area contributed by atoms with Gasteiger partial charge in [0.2, 0.25) is 5.91 Å². The number of benzene rings is 1. The normalized spacial score (nSPS) is 10.9. The topological polar surface area (TPSA) is 58.2 Å². The van der Waals surface area contributed by atoms with Gasteiger partial charge in [0.15, 0.2) is 0 Å². The third kappa shape index (κ3) is 3.32. The summed E-state index contributed by atoms with van der Waals surface area (Å²) in [7, 11) is 1.59. The fourth-order valence-electron chi connectivity index (χ4n) is 1.40. The quantitative estimate of drug-likeness (QED) is 0.844. The van der Waals surface area contributed by atoms with Gasteiger partial charge in [-0.25, -0.2) is 0 Å². The van der Waals surface area contributed by atoms with Gasteiger partial charge in [-0.05, 0) is 30.7 Å². The van der Waals surface area contributed by atoms with E-state index in [0.29, 0.717) is 5.56 Å². The molecule has 0 fully saturated rings. The summed E-state index contributed by atoms with van der Waals surface area (Å²) in [4.78, 5) is 23.3. The van der Waals surface area contributed by atoms with Gasteiger partial charge in [-0.1, -0.05) is 20.8 Å². The predicted octanol–water partition coefficient (Wildman–Crippen LogP) is 2.34. The van der Waals surface area contributed by atoms with Gasteiger partial charge in [0.1, 0.15) is 0 Å². The van der Waals surface area contributed by atoms with E-state index in [1.807, 2.05) is 27.7 Å². The summed E-state index contributed by atoms with van der Waals surface area (Å²) in [6, 6.07) is 5.21. The van der Waals surface area contributed by atoms with Crippen LogP contribution in [0.2, 0.25) is 0 Å². The van der Waals surface area contributed by atoms with Gasteiger partial charge in [-0.3, -0.25) is 9.59 Å². The number of hydrogen-bond donors (Lipinski definition) is 2. The highest BCUT2D eigenvalue weighted by Crippen LogP contribution is 2.21. The molecule has 0 saturated heterocycles. The van der Waals surface area contributed by atoms with Crippen LogP contribution in [0.25, 0.3) is 0 Å². The molecule has 98 valence electrons. The zero-order chi connectivity index (χ0) is 13.9. The second kappa shape index (κ2) is 5.21. The Balaban J connectivity index is 2.94. The Labute approximate surface area is 108 Å². The van der Waals surface area contributed by atoms with E-state index in [9.17, 15) is 9.59 Å². The van der Waals surface area contributed by atoms with Gasteiger partial charge in [0.05, 0.1) is 0 Å². The highest BCUT2D eigenvalue weighted by Gasteiger charge is 2.21. The number of anilines is 1. The predicted molar refractivity (Wildman–Crippen MR) is 72.7 cm³/mol. The van der Waals surface area contributed by atoms with Crippen molar-refractivity contribution in [3.8, 4) is 0 Å². The Morgan fingerprint density at radius 3 is 2.22 bits per heavy atom. The van der Waals surface area contributed by atoms with E-state index in [1.165, 1.54) is 0 Å². The first-order valence-electron chi connectivity index (χ1n) is 5.90. The van der Waals surface area contributed by atoms with Crippen LogP contribution in [-0.4, -0.2) is 18.9 Å². The van der Waals surface area contributed by atoms with Crippen LogP contribution in [0.15, 0.2) is 18.2 Å². The zero-order valence-electron chi connectivity index (χ0n) is 11.5. The summed E-state index contributed by atoms with van der Waals surface area (Å²) in [5.74, 6) is -0.176. The first kappa shape index (κ1) is 14.2. The van der Waals surface area contributed by atoms with Crippen LogP contribution in [0, 0.1) is 12.3 Å². The van der Waals surface area contributed by atoms with Gasteiger partial charge >= 0.3 is 0 Å². The Bertz CT molecular complexity index is 473. The lowest BCUT2D eigenvalue weighted by atomic mass is 9.95. The van der Waals surface area contributed by atoms with E-state index in [4.69, 9.17) is 0 Å². The molecule has 0 saturated carbocycles. The Kier molecular flexibility index (Phi) is 4.11. The van der Waals surface area contributed by atoms with Crippen LogP contribution in [-0.2, 0) is 4.79 Å². The van der Waals surface area contributed by atoms with Crippen molar-refractivity contribution in [1.29, 1.82) is 0 Å². The molecule has 0 heterocycles. The molecule has 4 heteroatoms. The number of hydrogen-bond acceptors (Lipinski definition) is 2. The lowest BCUT2D eigenvalue weighted by Crippen LogP contribution is -2.28. The molecule has 0 aliphatic rings. The molecule has 0 bridgehead atoms. The van der Waals surface area contributed by atoms with Crippen molar-refractivity contribution < 1.29 is 9.59 Å². The summed E-state index contributed by atoms with van der Waals surface area (Å²) < 4.78 is 0. The van der Waals surface area contributed by atoms with Gasteiger partial charge in [-0.2, -0.15) is 0 Å². The summed E-state index contributed by atoms with van der Waals surface area (Å²) in [6.45, 7) is 7.44. The Hall–Kier alpha value is -1.84. The molecule has 4 nitrogen and oxygen atoms in total. The minimum atomic E-state index is -0.439. The van der Waals surface area contributed by atoms with Crippen molar-refractivity contribution in [1.82, 2.24) is 5.32 Å². The average molecular weight is 248 g/mol. The van der Waals surface area contributed by atoms with Gasteiger partial charge < -0.3 is 10.6 Å². The summed E-state index contributed by atoms with van der Waals surface area (Å²) in [5, 5.41) is 5.43. The summed E-state index contributed by atoms with van der Waals surface area (Å²) in [5.41, 5.74) is 1.76. The largest absolute Gasteiger partial charge is 0.355 e. The van der Waals surface area contributed by atoms with Crippen LogP contribution in [0.4, 0.5) is 5.69 Å². The maximum absolute atomic E-state index is 11.9. The van der Waals surface area contributed by atoms with E-state index in [0.717, 1.165) is 11.3 Å². The smallest absolute Gasteiger partial charge is 0.251 e. The minimum Gasteiger partial charge on any atom is -0.355 e. The minimum absolute atomic E-state index is 0.0432. The van der Waals surface area contributed by atoms with E-state index >= 15 is 0 Å². The monoisotopic (exact) mass is 248 g/mol. The molecule has 0 unspecified atom stereocenters. The number of carbonyl (C=O) groups is 2. The molecule has 2 N–H and O–H groups in total. The third-order valence-electron chi connectivity index (χ3n) is 2.65. The summed E-state index contributed by atoms with van der Waals surface area (Å²) in [6.07, 6.45) is 0. The Morgan fingerprint density at radius 2 is 1.78 bits per heavy atom. The van der Waals surface area contributed by atoms with Gasteiger partial charge in [-0.15, -0.1) is 0 Å². The lowest BCUT2D eigenvalue weighted by molar-refractivity contribution is -0.123. The molecular weight excluding hydrogens is 228 g/mol. The molecule has 0 aliphatic carbocycles. The van der Waals surface area contributed by atoms with E-state index < -0.39 is 5.41 Å². The molecular formula is C14H20N2O2. The second-order valence-electron chi connectivity index (χ2n) is 5.31. The fourth-order valence-corrected chi connectivity index (χ4v) is 1.40. The number of rotatable bonds is 2. The molecule has 1 aromatic carbocycles. The van der Waals surface area contributed by atoms with E-state index in [-0.39, 0.29) is 11.8 Å². The van der Waals surface area contributed by atoms with Crippen LogP contribution in [0.1, 0.15) is 36.7 Å². The molecule has 0 spiro atoms. The molecule has 0 aliphatic heterocycles. The molecule has 0 atom stereocenters. The number of amides is 2. The van der Waals surface area contributed by atoms with E-state index in [2.05, 4.69) is 10.6 Å². The molecule has 2 amide bonds. The third-order valence-corrected chi connectivity index (χ3v) is 2.65.